The summed E-state index contributed by atoms with van der Waals surface area (Å²) in [6.07, 6.45) is 1.21. The van der Waals surface area contributed by atoms with Crippen molar-refractivity contribution in [2.75, 3.05) is 5.75 Å². The summed E-state index contributed by atoms with van der Waals surface area (Å²) < 4.78 is 12.7. The fraction of sp³-hybridized carbons (Fsp3) is 0.200. The predicted octanol–water partition coefficient (Wildman–Crippen LogP) is 2.51. The Morgan fingerprint density at radius 3 is 3.13 bits per heavy atom. The first-order valence-corrected chi connectivity index (χ1v) is 5.39. The Morgan fingerprint density at radius 2 is 2.47 bits per heavy atom. The van der Waals surface area contributed by atoms with E-state index in [0.29, 0.717) is 16.3 Å². The van der Waals surface area contributed by atoms with Crippen LogP contribution in [0.5, 0.6) is 0 Å². The largest absolute Gasteiger partial charge is 0.288 e. The molecule has 0 unspecified atom stereocenters. The lowest BCUT2D eigenvalue weighted by Crippen LogP contribution is -1.86. The molecule has 0 aliphatic rings. The van der Waals surface area contributed by atoms with E-state index in [-0.39, 0.29) is 5.12 Å². The first-order chi connectivity index (χ1) is 7.09. The van der Waals surface area contributed by atoms with Crippen molar-refractivity contribution in [2.24, 2.45) is 0 Å². The van der Waals surface area contributed by atoms with E-state index in [9.17, 15) is 9.18 Å². The third-order valence-corrected chi connectivity index (χ3v) is 2.39. The van der Waals surface area contributed by atoms with Crippen molar-refractivity contribution in [1.82, 2.24) is 4.98 Å². The topological polar surface area (TPSA) is 30.0 Å². The van der Waals surface area contributed by atoms with Crippen LogP contribution in [0.1, 0.15) is 12.5 Å². The number of thioether (sulfide) groups is 1. The Balaban J connectivity index is 2.71. The van der Waals surface area contributed by atoms with Gasteiger partial charge in [-0.3, -0.25) is 4.79 Å². The van der Waals surface area contributed by atoms with Crippen molar-refractivity contribution in [1.29, 1.82) is 0 Å². The van der Waals surface area contributed by atoms with Gasteiger partial charge in [0.05, 0.1) is 10.8 Å². The van der Waals surface area contributed by atoms with Gasteiger partial charge in [0.25, 0.3) is 0 Å². The molecule has 15 heavy (non-hydrogen) atoms. The van der Waals surface area contributed by atoms with Gasteiger partial charge in [0.1, 0.15) is 0 Å². The number of nitrogens with zero attached hydrogens (tertiary/aromatic N) is 1. The Kier molecular flexibility index (Phi) is 4.60. The normalized spacial score (nSPS) is 9.27. The summed E-state index contributed by atoms with van der Waals surface area (Å²) in [5.41, 5.74) is 0.383. The second-order valence-electron chi connectivity index (χ2n) is 2.57. The van der Waals surface area contributed by atoms with E-state index in [1.165, 1.54) is 13.1 Å². The van der Waals surface area contributed by atoms with Gasteiger partial charge in [0, 0.05) is 24.8 Å². The monoisotopic (exact) mass is 243 g/mol. The van der Waals surface area contributed by atoms with Gasteiger partial charge in [-0.15, -0.1) is 0 Å². The van der Waals surface area contributed by atoms with Crippen molar-refractivity contribution in [3.8, 4) is 11.8 Å². The summed E-state index contributed by atoms with van der Waals surface area (Å²) in [4.78, 5) is 13.9. The van der Waals surface area contributed by atoms with Gasteiger partial charge in [0.15, 0.2) is 5.12 Å². The SMILES string of the molecule is CC(=O)SCC#Cc1cc(F)ncc1Cl. The molecule has 1 aromatic heterocycles. The highest BCUT2D eigenvalue weighted by Gasteiger charge is 1.99. The molecule has 0 bridgehead atoms. The highest BCUT2D eigenvalue weighted by molar-refractivity contribution is 8.13. The lowest BCUT2D eigenvalue weighted by atomic mass is 10.3. The quantitative estimate of drug-likeness (QED) is 0.561. The van der Waals surface area contributed by atoms with Crippen LogP contribution in [0.2, 0.25) is 5.02 Å². The molecule has 0 saturated heterocycles. The van der Waals surface area contributed by atoms with Gasteiger partial charge in [-0.05, 0) is 0 Å². The molecule has 0 aliphatic carbocycles. The number of rotatable bonds is 1. The third kappa shape index (κ3) is 4.32. The van der Waals surface area contributed by atoms with E-state index in [1.54, 1.807) is 0 Å². The summed E-state index contributed by atoms with van der Waals surface area (Å²) in [6.45, 7) is 1.46. The molecule has 0 spiro atoms. The maximum Gasteiger partial charge on any atom is 0.214 e. The smallest absolute Gasteiger partial charge is 0.214 e. The maximum absolute atomic E-state index is 12.7. The van der Waals surface area contributed by atoms with Crippen molar-refractivity contribution in [3.63, 3.8) is 0 Å². The summed E-state index contributed by atoms with van der Waals surface area (Å²) in [7, 11) is 0. The van der Waals surface area contributed by atoms with Crippen LogP contribution in [0.25, 0.3) is 0 Å². The van der Waals surface area contributed by atoms with E-state index < -0.39 is 5.95 Å². The molecule has 0 amide bonds. The van der Waals surface area contributed by atoms with E-state index in [1.807, 2.05) is 0 Å². The van der Waals surface area contributed by atoms with Crippen molar-refractivity contribution in [3.05, 3.63) is 28.8 Å². The minimum Gasteiger partial charge on any atom is -0.288 e. The van der Waals surface area contributed by atoms with Crippen LogP contribution in [-0.4, -0.2) is 15.9 Å². The minimum atomic E-state index is -0.622. The lowest BCUT2D eigenvalue weighted by Gasteiger charge is -1.93. The predicted molar refractivity (Wildman–Crippen MR) is 59.2 cm³/mol. The zero-order valence-electron chi connectivity index (χ0n) is 7.88. The fourth-order valence-electron chi connectivity index (χ4n) is 0.778. The van der Waals surface area contributed by atoms with Gasteiger partial charge in [-0.25, -0.2) is 4.98 Å². The van der Waals surface area contributed by atoms with Gasteiger partial charge in [-0.1, -0.05) is 35.2 Å². The van der Waals surface area contributed by atoms with E-state index in [2.05, 4.69) is 16.8 Å². The Bertz CT molecular complexity index is 439. The van der Waals surface area contributed by atoms with Crippen LogP contribution in [0.4, 0.5) is 4.39 Å². The molecule has 5 heteroatoms. The molecule has 0 N–H and O–H groups in total. The summed E-state index contributed by atoms with van der Waals surface area (Å²) in [6, 6.07) is 1.16. The van der Waals surface area contributed by atoms with Crippen LogP contribution in [0.15, 0.2) is 12.3 Å². The standard InChI is InChI=1S/C10H7ClFNOS/c1-7(14)15-4-2-3-8-5-10(12)13-6-9(8)11/h5-6H,4H2,1H3. The van der Waals surface area contributed by atoms with Gasteiger partial charge in [0.2, 0.25) is 5.95 Å². The molecule has 0 radical (unpaired) electrons. The molecule has 2 nitrogen and oxygen atoms in total. The highest BCUT2D eigenvalue weighted by Crippen LogP contribution is 2.13. The molecule has 1 heterocycles. The summed E-state index contributed by atoms with van der Waals surface area (Å²) >= 11 is 6.83. The second-order valence-corrected chi connectivity index (χ2v) is 4.13. The highest BCUT2D eigenvalue weighted by atomic mass is 35.5. The number of halogens is 2. The molecule has 0 aromatic carbocycles. The average Bonchev–Trinajstić information content (AvgIpc) is 2.17. The lowest BCUT2D eigenvalue weighted by molar-refractivity contribution is -0.109. The molecule has 0 atom stereocenters. The number of carbonyl (C=O) groups is 1. The molecular weight excluding hydrogens is 237 g/mol. The molecule has 0 saturated carbocycles. The van der Waals surface area contributed by atoms with Crippen LogP contribution in [0, 0.1) is 17.8 Å². The van der Waals surface area contributed by atoms with Crippen LogP contribution < -0.4 is 0 Å². The van der Waals surface area contributed by atoms with Crippen molar-refractivity contribution < 1.29 is 9.18 Å². The van der Waals surface area contributed by atoms with E-state index in [4.69, 9.17) is 11.6 Å². The van der Waals surface area contributed by atoms with Gasteiger partial charge >= 0.3 is 0 Å². The van der Waals surface area contributed by atoms with Crippen LogP contribution >= 0.6 is 23.4 Å². The summed E-state index contributed by atoms with van der Waals surface area (Å²) in [5.74, 6) is 5.14. The molecular formula is C10H7ClFNOS. The van der Waals surface area contributed by atoms with Crippen LogP contribution in [-0.2, 0) is 4.79 Å². The Labute approximate surface area is 96.2 Å². The van der Waals surface area contributed by atoms with Gasteiger partial charge in [-0.2, -0.15) is 4.39 Å². The molecule has 0 aliphatic heterocycles. The molecule has 0 fully saturated rings. The first-order valence-electron chi connectivity index (χ1n) is 4.03. The summed E-state index contributed by atoms with van der Waals surface area (Å²) in [5, 5.41) is 0.299. The second kappa shape index (κ2) is 5.74. The number of carbonyl (C=O) groups excluding carboxylic acids is 1. The third-order valence-electron chi connectivity index (χ3n) is 1.39. The number of pyridine rings is 1. The molecule has 1 aromatic rings. The number of hydrogen-bond donors (Lipinski definition) is 0. The molecule has 78 valence electrons. The maximum atomic E-state index is 12.7. The molecule has 1 rings (SSSR count). The Morgan fingerprint density at radius 1 is 1.73 bits per heavy atom. The Hall–Kier alpha value is -1.05. The van der Waals surface area contributed by atoms with E-state index >= 15 is 0 Å². The zero-order valence-corrected chi connectivity index (χ0v) is 9.45. The number of hydrogen-bond acceptors (Lipinski definition) is 3. The van der Waals surface area contributed by atoms with E-state index in [0.717, 1.165) is 17.8 Å². The van der Waals surface area contributed by atoms with Crippen LogP contribution in [0.3, 0.4) is 0 Å². The minimum absolute atomic E-state index is 0.00342. The average molecular weight is 244 g/mol. The zero-order chi connectivity index (χ0) is 11.3. The van der Waals surface area contributed by atoms with Crippen molar-refractivity contribution in [2.45, 2.75) is 6.92 Å². The first kappa shape index (κ1) is 12.0. The van der Waals surface area contributed by atoms with Crippen molar-refractivity contribution >= 4 is 28.5 Å². The fourth-order valence-corrected chi connectivity index (χ4v) is 1.28. The van der Waals surface area contributed by atoms with Gasteiger partial charge < -0.3 is 0 Å². The number of aromatic nitrogens is 1.